The molecule has 0 aromatic heterocycles. The first kappa shape index (κ1) is 4.65. The minimum absolute atomic E-state index is 0.958. The molecule has 0 unspecified atom stereocenters. The molecule has 0 bridgehead atoms. The summed E-state index contributed by atoms with van der Waals surface area (Å²) in [6, 6.07) is 0. The van der Waals surface area contributed by atoms with E-state index in [1.165, 1.54) is 0 Å². The highest BCUT2D eigenvalue weighted by Gasteiger charge is 2.12. The van der Waals surface area contributed by atoms with E-state index in [0.717, 1.165) is 11.2 Å². The molecule has 0 saturated heterocycles. The molecule has 1 aliphatic heterocycles. The van der Waals surface area contributed by atoms with Crippen molar-refractivity contribution in [2.75, 3.05) is 20.8 Å². The molecule has 1 N–H and O–H groups in total. The highest BCUT2D eigenvalue weighted by atomic mass is 15.4. The maximum atomic E-state index is 3.10. The van der Waals surface area contributed by atoms with Gasteiger partial charge in [0.25, 0.3) is 0 Å². The smallest absolute Gasteiger partial charge is 0.155 e. The second kappa shape index (κ2) is 1.23. The topological polar surface area (TPSA) is 12.0 Å². The average molecular weight is 99.2 g/mol. The summed E-state index contributed by atoms with van der Waals surface area (Å²) in [6.45, 7) is 1.03. The van der Waals surface area contributed by atoms with Gasteiger partial charge in [0.15, 0.2) is 6.67 Å². The second-order valence-electron chi connectivity index (χ2n) is 2.46. The molecule has 7 heavy (non-hydrogen) atoms. The average Bonchev–Trinajstić information content (AvgIpc) is 1.84. The van der Waals surface area contributed by atoms with Crippen LogP contribution in [0, 0.1) is 0 Å². The molecule has 2 nitrogen and oxygen atoms in total. The molecule has 1 rings (SSSR count). The third-order valence-electron chi connectivity index (χ3n) is 1.09. The van der Waals surface area contributed by atoms with Crippen LogP contribution < -0.4 is 5.32 Å². The van der Waals surface area contributed by atoms with Crippen molar-refractivity contribution in [3.63, 3.8) is 0 Å². The van der Waals surface area contributed by atoms with E-state index < -0.39 is 0 Å². The molecule has 0 fully saturated rings. The first-order valence-electron chi connectivity index (χ1n) is 2.44. The largest absolute Gasteiger partial charge is 0.340 e. The van der Waals surface area contributed by atoms with Crippen molar-refractivity contribution < 1.29 is 4.48 Å². The summed E-state index contributed by atoms with van der Waals surface area (Å²) in [4.78, 5) is 0. The zero-order valence-corrected chi connectivity index (χ0v) is 4.81. The molecule has 0 radical (unpaired) electrons. The van der Waals surface area contributed by atoms with Crippen LogP contribution in [0.2, 0.25) is 0 Å². The van der Waals surface area contributed by atoms with Gasteiger partial charge in [0.1, 0.15) is 6.20 Å². The third-order valence-corrected chi connectivity index (χ3v) is 1.09. The normalized spacial score (nSPS) is 24.9. The van der Waals surface area contributed by atoms with Crippen LogP contribution in [0.25, 0.3) is 0 Å². The predicted octanol–water partition coefficient (Wildman–Crippen LogP) is 0.0947. The molecule has 1 aliphatic rings. The van der Waals surface area contributed by atoms with Crippen molar-refractivity contribution in [3.05, 3.63) is 12.4 Å². The molecule has 0 aromatic rings. The van der Waals surface area contributed by atoms with Crippen molar-refractivity contribution in [3.8, 4) is 0 Å². The lowest BCUT2D eigenvalue weighted by Crippen LogP contribution is -2.34. The van der Waals surface area contributed by atoms with Crippen LogP contribution in [-0.4, -0.2) is 25.2 Å². The lowest BCUT2D eigenvalue weighted by molar-refractivity contribution is -0.834. The van der Waals surface area contributed by atoms with Gasteiger partial charge >= 0.3 is 0 Å². The number of rotatable bonds is 0. The highest BCUT2D eigenvalue weighted by Crippen LogP contribution is 1.99. The summed E-state index contributed by atoms with van der Waals surface area (Å²) in [6.07, 6.45) is 4.11. The van der Waals surface area contributed by atoms with E-state index in [1.54, 1.807) is 0 Å². The van der Waals surface area contributed by atoms with E-state index in [2.05, 4.69) is 25.6 Å². The molecule has 0 amide bonds. The number of nitrogens with zero attached hydrogens (tertiary/aromatic N) is 1. The van der Waals surface area contributed by atoms with Crippen LogP contribution >= 0.6 is 0 Å². The first-order chi connectivity index (χ1) is 3.21. The Kier molecular flexibility index (Phi) is 0.820. The summed E-state index contributed by atoms with van der Waals surface area (Å²) in [5.41, 5.74) is 0. The predicted molar refractivity (Wildman–Crippen MR) is 29.3 cm³/mol. The fourth-order valence-electron chi connectivity index (χ4n) is 0.595. The van der Waals surface area contributed by atoms with Gasteiger partial charge in [-0.05, 0) is 0 Å². The molecule has 0 atom stereocenters. The van der Waals surface area contributed by atoms with Gasteiger partial charge in [0.05, 0.1) is 20.3 Å². The van der Waals surface area contributed by atoms with E-state index in [1.807, 2.05) is 6.20 Å². The molecule has 1 heterocycles. The van der Waals surface area contributed by atoms with Gasteiger partial charge in [-0.3, -0.25) is 4.48 Å². The molecule has 0 saturated carbocycles. The molecule has 0 spiro atoms. The van der Waals surface area contributed by atoms with E-state index in [-0.39, 0.29) is 0 Å². The number of hydrogen-bond donors (Lipinski definition) is 1. The summed E-state index contributed by atoms with van der Waals surface area (Å²) >= 11 is 0. The minimum atomic E-state index is 0.958. The van der Waals surface area contributed by atoms with E-state index >= 15 is 0 Å². The van der Waals surface area contributed by atoms with Crippen LogP contribution in [0.4, 0.5) is 0 Å². The quantitative estimate of drug-likeness (QED) is 0.424. The van der Waals surface area contributed by atoms with Gasteiger partial charge in [-0.1, -0.05) is 0 Å². The molecule has 0 aromatic carbocycles. The van der Waals surface area contributed by atoms with Crippen LogP contribution in [0.1, 0.15) is 0 Å². The van der Waals surface area contributed by atoms with Gasteiger partial charge in [-0.2, -0.15) is 0 Å². The van der Waals surface area contributed by atoms with E-state index in [4.69, 9.17) is 0 Å². The summed E-state index contributed by atoms with van der Waals surface area (Å²) in [7, 11) is 4.30. The van der Waals surface area contributed by atoms with Crippen LogP contribution in [0.3, 0.4) is 0 Å². The van der Waals surface area contributed by atoms with Gasteiger partial charge in [-0.15, -0.1) is 0 Å². The van der Waals surface area contributed by atoms with Crippen molar-refractivity contribution in [1.82, 2.24) is 5.32 Å². The van der Waals surface area contributed by atoms with E-state index in [9.17, 15) is 0 Å². The number of quaternary nitrogens is 1. The monoisotopic (exact) mass is 99.1 g/mol. The zero-order valence-electron chi connectivity index (χ0n) is 4.81. The number of hydrogen-bond acceptors (Lipinski definition) is 1. The molecular formula is C5H11N2+. The van der Waals surface area contributed by atoms with Crippen molar-refractivity contribution in [2.24, 2.45) is 0 Å². The van der Waals surface area contributed by atoms with Crippen molar-refractivity contribution in [2.45, 2.75) is 0 Å². The van der Waals surface area contributed by atoms with Gasteiger partial charge in [-0.25, -0.2) is 0 Å². The van der Waals surface area contributed by atoms with Crippen LogP contribution in [0.15, 0.2) is 12.4 Å². The van der Waals surface area contributed by atoms with Gasteiger partial charge in [0, 0.05) is 0 Å². The SMILES string of the molecule is C[N+]1(C)C=CNC1. The Morgan fingerprint density at radius 2 is 2.29 bits per heavy atom. The third kappa shape index (κ3) is 0.933. The fraction of sp³-hybridized carbons (Fsp3) is 0.600. The summed E-state index contributed by atoms with van der Waals surface area (Å²) in [5, 5.41) is 3.10. The Morgan fingerprint density at radius 3 is 2.43 bits per heavy atom. The summed E-state index contributed by atoms with van der Waals surface area (Å²) in [5.74, 6) is 0. The van der Waals surface area contributed by atoms with Crippen LogP contribution in [-0.2, 0) is 0 Å². The maximum absolute atomic E-state index is 3.10. The standard InChI is InChI=1S/C5H11N2/c1-7(2)4-3-6-5-7/h3-4,6H,5H2,1-2H3/q+1. The number of nitrogens with one attached hydrogen (secondary N) is 1. The molecule has 40 valence electrons. The second-order valence-corrected chi connectivity index (χ2v) is 2.46. The minimum Gasteiger partial charge on any atom is -0.340 e. The fourth-order valence-corrected chi connectivity index (χ4v) is 0.595. The van der Waals surface area contributed by atoms with Crippen LogP contribution in [0.5, 0.6) is 0 Å². The Morgan fingerprint density at radius 1 is 1.57 bits per heavy atom. The van der Waals surface area contributed by atoms with Gasteiger partial charge < -0.3 is 5.32 Å². The Balaban J connectivity index is 2.57. The van der Waals surface area contributed by atoms with E-state index in [0.29, 0.717) is 0 Å². The Bertz CT molecular complexity index is 94.3. The van der Waals surface area contributed by atoms with Crippen molar-refractivity contribution in [1.29, 1.82) is 0 Å². The zero-order chi connectivity index (χ0) is 5.33. The molecule has 2 heteroatoms. The Hall–Kier alpha value is -0.500. The van der Waals surface area contributed by atoms with Gasteiger partial charge in [0.2, 0.25) is 0 Å². The lowest BCUT2D eigenvalue weighted by Gasteiger charge is -2.17. The molecular weight excluding hydrogens is 88.1 g/mol. The highest BCUT2D eigenvalue weighted by molar-refractivity contribution is 4.74. The lowest BCUT2D eigenvalue weighted by atomic mass is 10.7. The first-order valence-corrected chi connectivity index (χ1v) is 2.44. The summed E-state index contributed by atoms with van der Waals surface area (Å²) < 4.78 is 0.958. The van der Waals surface area contributed by atoms with Crippen molar-refractivity contribution >= 4 is 0 Å². The molecule has 0 aliphatic carbocycles. The maximum Gasteiger partial charge on any atom is 0.155 e. The Labute approximate surface area is 44.0 Å².